The molecule has 0 aliphatic heterocycles. The maximum Gasteiger partial charge on any atom is 0.307 e. The fourth-order valence-electron chi connectivity index (χ4n) is 4.04. The van der Waals surface area contributed by atoms with E-state index in [2.05, 4.69) is 10.6 Å². The number of halogens is 1. The highest BCUT2D eigenvalue weighted by atomic mass is 35.5. The number of aryl methyl sites for hydroxylation is 1. The molecule has 156 valence electrons. The maximum absolute atomic E-state index is 13.1. The highest BCUT2D eigenvalue weighted by molar-refractivity contribution is 7.17. The number of anilines is 2. The standard InChI is InChI=1S/C22H21ClN2O4S/c23-12-8-10-13(11-9-12)24-20(27)18-16-6-3-7-17(16)30-21(18)25-19(26)14-4-1-2-5-15(14)22(28)29/h1-2,8-11,14-15H,3-7H2,(H,24,27)(H,25,26)(H,28,29)/t14-,15+/m1/s1. The Kier molecular flexibility index (Phi) is 5.92. The van der Waals surface area contributed by atoms with Crippen LogP contribution in [0.25, 0.3) is 0 Å². The molecule has 4 rings (SSSR count). The molecule has 0 saturated heterocycles. The lowest BCUT2D eigenvalue weighted by Gasteiger charge is -2.24. The summed E-state index contributed by atoms with van der Waals surface area (Å²) < 4.78 is 0. The lowest BCUT2D eigenvalue weighted by atomic mass is 9.82. The van der Waals surface area contributed by atoms with E-state index in [4.69, 9.17) is 11.6 Å². The van der Waals surface area contributed by atoms with Gasteiger partial charge in [-0.1, -0.05) is 23.8 Å². The van der Waals surface area contributed by atoms with Crippen molar-refractivity contribution in [2.45, 2.75) is 32.1 Å². The molecule has 8 heteroatoms. The molecule has 6 nitrogen and oxygen atoms in total. The van der Waals surface area contributed by atoms with Crippen LogP contribution in [0.2, 0.25) is 5.02 Å². The second-order valence-corrected chi connectivity index (χ2v) is 9.05. The zero-order chi connectivity index (χ0) is 21.3. The van der Waals surface area contributed by atoms with Crippen molar-refractivity contribution < 1.29 is 19.5 Å². The first-order valence-corrected chi connectivity index (χ1v) is 11.0. The molecule has 2 atom stereocenters. The molecule has 1 heterocycles. The number of hydrogen-bond acceptors (Lipinski definition) is 4. The molecule has 3 N–H and O–H groups in total. The number of nitrogens with one attached hydrogen (secondary N) is 2. The smallest absolute Gasteiger partial charge is 0.307 e. The van der Waals surface area contributed by atoms with E-state index >= 15 is 0 Å². The third-order valence-electron chi connectivity index (χ3n) is 5.57. The predicted octanol–water partition coefficient (Wildman–Crippen LogP) is 4.75. The molecule has 30 heavy (non-hydrogen) atoms. The van der Waals surface area contributed by atoms with Crippen LogP contribution in [0.1, 0.15) is 40.1 Å². The minimum absolute atomic E-state index is 0.287. The molecule has 1 aromatic heterocycles. The fourth-order valence-corrected chi connectivity index (χ4v) is 5.46. The van der Waals surface area contributed by atoms with Gasteiger partial charge >= 0.3 is 5.97 Å². The van der Waals surface area contributed by atoms with E-state index < -0.39 is 17.8 Å². The summed E-state index contributed by atoms with van der Waals surface area (Å²) >= 11 is 7.32. The Morgan fingerprint density at radius 3 is 2.40 bits per heavy atom. The summed E-state index contributed by atoms with van der Waals surface area (Å²) in [5, 5.41) is 16.3. The number of hydrogen-bond donors (Lipinski definition) is 3. The molecule has 1 aromatic carbocycles. The number of thiophene rings is 1. The van der Waals surface area contributed by atoms with Crippen molar-refractivity contribution >= 4 is 51.4 Å². The van der Waals surface area contributed by atoms with Crippen LogP contribution >= 0.6 is 22.9 Å². The van der Waals surface area contributed by atoms with Crippen LogP contribution in [0.5, 0.6) is 0 Å². The predicted molar refractivity (Wildman–Crippen MR) is 117 cm³/mol. The van der Waals surface area contributed by atoms with Crippen LogP contribution < -0.4 is 10.6 Å². The lowest BCUT2D eigenvalue weighted by Crippen LogP contribution is -2.35. The second-order valence-electron chi connectivity index (χ2n) is 7.51. The first-order valence-electron chi connectivity index (χ1n) is 9.84. The van der Waals surface area contributed by atoms with E-state index in [1.165, 1.54) is 11.3 Å². The van der Waals surface area contributed by atoms with Crippen LogP contribution in [-0.4, -0.2) is 22.9 Å². The van der Waals surface area contributed by atoms with Gasteiger partial charge in [0.2, 0.25) is 5.91 Å². The number of amides is 2. The largest absolute Gasteiger partial charge is 0.481 e. The van der Waals surface area contributed by atoms with E-state index in [1.54, 1.807) is 30.3 Å². The monoisotopic (exact) mass is 444 g/mol. The fraction of sp³-hybridized carbons (Fsp3) is 0.318. The van der Waals surface area contributed by atoms with E-state index in [0.717, 1.165) is 29.7 Å². The zero-order valence-corrected chi connectivity index (χ0v) is 17.7. The number of carbonyl (C=O) groups is 3. The molecule has 2 amide bonds. The van der Waals surface area contributed by atoms with Crippen molar-refractivity contribution in [2.24, 2.45) is 11.8 Å². The van der Waals surface area contributed by atoms with Gasteiger partial charge in [-0.05, 0) is 61.9 Å². The van der Waals surface area contributed by atoms with Gasteiger partial charge in [0, 0.05) is 15.6 Å². The Balaban J connectivity index is 1.59. The summed E-state index contributed by atoms with van der Waals surface area (Å²) in [5.74, 6) is -3.03. The summed E-state index contributed by atoms with van der Waals surface area (Å²) in [6.45, 7) is 0. The van der Waals surface area contributed by atoms with Crippen molar-refractivity contribution in [1.82, 2.24) is 0 Å². The van der Waals surface area contributed by atoms with Crippen molar-refractivity contribution in [3.8, 4) is 0 Å². The molecule has 2 aliphatic rings. The average Bonchev–Trinajstić information content (AvgIpc) is 3.30. The Labute approximate surface area is 182 Å². The Bertz CT molecular complexity index is 1030. The first kappa shape index (κ1) is 20.6. The Hall–Kier alpha value is -2.64. The molecular formula is C22H21ClN2O4S. The lowest BCUT2D eigenvalue weighted by molar-refractivity contribution is -0.146. The minimum Gasteiger partial charge on any atom is -0.481 e. The van der Waals surface area contributed by atoms with Crippen molar-refractivity contribution in [3.05, 3.63) is 57.4 Å². The van der Waals surface area contributed by atoms with E-state index in [-0.39, 0.29) is 11.8 Å². The number of carboxylic acids is 1. The SMILES string of the molecule is O=C(Nc1ccc(Cl)cc1)c1c(NC(=O)[C@@H]2CC=CC[C@@H]2C(=O)O)sc2c1CCC2. The van der Waals surface area contributed by atoms with Crippen LogP contribution in [0.3, 0.4) is 0 Å². The van der Waals surface area contributed by atoms with Crippen molar-refractivity contribution in [2.75, 3.05) is 10.6 Å². The average molecular weight is 445 g/mol. The third-order valence-corrected chi connectivity index (χ3v) is 7.03. The van der Waals surface area contributed by atoms with Crippen LogP contribution in [0, 0.1) is 11.8 Å². The van der Waals surface area contributed by atoms with E-state index in [0.29, 0.717) is 34.1 Å². The van der Waals surface area contributed by atoms with E-state index in [9.17, 15) is 19.5 Å². The van der Waals surface area contributed by atoms with Crippen molar-refractivity contribution in [3.63, 3.8) is 0 Å². The summed E-state index contributed by atoms with van der Waals surface area (Å²) in [6.07, 6.45) is 6.99. The maximum atomic E-state index is 13.1. The molecule has 0 saturated carbocycles. The molecule has 0 radical (unpaired) electrons. The second kappa shape index (κ2) is 8.62. The summed E-state index contributed by atoms with van der Waals surface area (Å²) in [5.41, 5.74) is 2.07. The Morgan fingerprint density at radius 1 is 1.00 bits per heavy atom. The summed E-state index contributed by atoms with van der Waals surface area (Å²) in [6, 6.07) is 6.83. The Morgan fingerprint density at radius 2 is 1.70 bits per heavy atom. The van der Waals surface area contributed by atoms with Crippen molar-refractivity contribution in [1.29, 1.82) is 0 Å². The van der Waals surface area contributed by atoms with Gasteiger partial charge in [-0.25, -0.2) is 0 Å². The number of fused-ring (bicyclic) bond motifs is 1. The molecular weight excluding hydrogens is 424 g/mol. The van der Waals surface area contributed by atoms with Gasteiger partial charge in [0.15, 0.2) is 0 Å². The van der Waals surface area contributed by atoms with Crippen LogP contribution in [0.15, 0.2) is 36.4 Å². The molecule has 2 aromatic rings. The molecule has 0 bridgehead atoms. The number of benzene rings is 1. The molecule has 0 spiro atoms. The number of allylic oxidation sites excluding steroid dienone is 2. The quantitative estimate of drug-likeness (QED) is 0.580. The van der Waals surface area contributed by atoms with Gasteiger partial charge in [0.25, 0.3) is 5.91 Å². The van der Waals surface area contributed by atoms with Gasteiger partial charge in [-0.2, -0.15) is 0 Å². The van der Waals surface area contributed by atoms with E-state index in [1.807, 2.05) is 6.08 Å². The number of aliphatic carboxylic acids is 1. The first-order chi connectivity index (χ1) is 14.4. The highest BCUT2D eigenvalue weighted by Gasteiger charge is 2.35. The van der Waals surface area contributed by atoms with Crippen LogP contribution in [0.4, 0.5) is 10.7 Å². The van der Waals surface area contributed by atoms with Gasteiger partial charge in [-0.15, -0.1) is 11.3 Å². The van der Waals surface area contributed by atoms with Gasteiger partial charge < -0.3 is 15.7 Å². The highest BCUT2D eigenvalue weighted by Crippen LogP contribution is 2.40. The molecule has 2 aliphatic carbocycles. The number of carboxylic acid groups (broad SMARTS) is 1. The van der Waals surface area contributed by atoms with Gasteiger partial charge in [-0.3, -0.25) is 14.4 Å². The van der Waals surface area contributed by atoms with Gasteiger partial charge in [0.1, 0.15) is 5.00 Å². The molecule has 0 fully saturated rings. The normalized spacial score (nSPS) is 19.9. The topological polar surface area (TPSA) is 95.5 Å². The number of carbonyl (C=O) groups excluding carboxylic acids is 2. The van der Waals surface area contributed by atoms with Gasteiger partial charge in [0.05, 0.1) is 17.4 Å². The third kappa shape index (κ3) is 4.13. The van der Waals surface area contributed by atoms with Crippen LogP contribution in [-0.2, 0) is 22.4 Å². The minimum atomic E-state index is -0.978. The zero-order valence-electron chi connectivity index (χ0n) is 16.1. The number of rotatable bonds is 5. The summed E-state index contributed by atoms with van der Waals surface area (Å²) in [7, 11) is 0. The summed E-state index contributed by atoms with van der Waals surface area (Å²) in [4.78, 5) is 38.7. The molecule has 0 unspecified atom stereocenters.